The maximum Gasteiger partial charge on any atom is 0.249 e. The molecular formula is C13H24N2O4. The summed E-state index contributed by atoms with van der Waals surface area (Å²) in [6, 6.07) is -0.0198. The molecule has 110 valence electrons. The van der Waals surface area contributed by atoms with Crippen LogP contribution in [0.2, 0.25) is 0 Å². The Kier molecular flexibility index (Phi) is 5.57. The van der Waals surface area contributed by atoms with Crippen LogP contribution in [0.4, 0.5) is 0 Å². The van der Waals surface area contributed by atoms with E-state index in [1.807, 2.05) is 6.92 Å². The van der Waals surface area contributed by atoms with Crippen molar-refractivity contribution in [3.63, 3.8) is 0 Å². The molecule has 2 aliphatic heterocycles. The smallest absolute Gasteiger partial charge is 0.249 e. The van der Waals surface area contributed by atoms with Crippen molar-refractivity contribution in [1.29, 1.82) is 0 Å². The standard InChI is InChI=1S/C13H24N2O4/c1-9(7-18-11-4-5-17-8-11)15-13(16)12-3-2-10(6-14)19-12/h9-12H,2-8,14H2,1H3,(H,15,16)/t9?,10-,11?,12+/m1/s1. The third-order valence-electron chi connectivity index (χ3n) is 3.52. The van der Waals surface area contributed by atoms with Gasteiger partial charge < -0.3 is 25.3 Å². The van der Waals surface area contributed by atoms with Gasteiger partial charge >= 0.3 is 0 Å². The van der Waals surface area contributed by atoms with Crippen molar-refractivity contribution >= 4 is 5.91 Å². The van der Waals surface area contributed by atoms with Gasteiger partial charge in [0.1, 0.15) is 6.10 Å². The summed E-state index contributed by atoms with van der Waals surface area (Å²) in [5, 5.41) is 2.92. The van der Waals surface area contributed by atoms with Crippen molar-refractivity contribution in [2.75, 3.05) is 26.4 Å². The Morgan fingerprint density at radius 2 is 2.32 bits per heavy atom. The van der Waals surface area contributed by atoms with Crippen LogP contribution in [0, 0.1) is 0 Å². The SMILES string of the molecule is CC(COC1CCOC1)NC(=O)[C@@H]1CC[C@H](CN)O1. The third-order valence-corrected chi connectivity index (χ3v) is 3.52. The first kappa shape index (κ1) is 14.7. The predicted molar refractivity (Wildman–Crippen MR) is 69.7 cm³/mol. The average Bonchev–Trinajstić information content (AvgIpc) is 3.07. The molecule has 0 aliphatic carbocycles. The zero-order valence-electron chi connectivity index (χ0n) is 11.5. The van der Waals surface area contributed by atoms with E-state index >= 15 is 0 Å². The third kappa shape index (κ3) is 4.42. The highest BCUT2D eigenvalue weighted by Crippen LogP contribution is 2.19. The van der Waals surface area contributed by atoms with Gasteiger partial charge in [0.2, 0.25) is 5.91 Å². The summed E-state index contributed by atoms with van der Waals surface area (Å²) in [7, 11) is 0. The molecule has 4 atom stereocenters. The summed E-state index contributed by atoms with van der Waals surface area (Å²) >= 11 is 0. The summed E-state index contributed by atoms with van der Waals surface area (Å²) < 4.78 is 16.5. The normalized spacial score (nSPS) is 32.4. The Morgan fingerprint density at radius 1 is 1.47 bits per heavy atom. The molecule has 2 unspecified atom stereocenters. The zero-order chi connectivity index (χ0) is 13.7. The van der Waals surface area contributed by atoms with Gasteiger partial charge in [0.25, 0.3) is 0 Å². The fourth-order valence-electron chi connectivity index (χ4n) is 2.37. The van der Waals surface area contributed by atoms with Crippen LogP contribution in [0.25, 0.3) is 0 Å². The molecule has 3 N–H and O–H groups in total. The van der Waals surface area contributed by atoms with Gasteiger partial charge in [0.05, 0.1) is 25.4 Å². The fourth-order valence-corrected chi connectivity index (χ4v) is 2.37. The van der Waals surface area contributed by atoms with Crippen LogP contribution >= 0.6 is 0 Å². The molecule has 1 amide bonds. The lowest BCUT2D eigenvalue weighted by atomic mass is 10.2. The van der Waals surface area contributed by atoms with Gasteiger partial charge in [-0.25, -0.2) is 0 Å². The number of carbonyl (C=O) groups excluding carboxylic acids is 1. The number of hydrogen-bond acceptors (Lipinski definition) is 5. The molecule has 2 aliphatic rings. The van der Waals surface area contributed by atoms with E-state index in [0.29, 0.717) is 19.8 Å². The van der Waals surface area contributed by atoms with Crippen LogP contribution in [0.3, 0.4) is 0 Å². The van der Waals surface area contributed by atoms with Crippen LogP contribution in [0.5, 0.6) is 0 Å². The maximum atomic E-state index is 12.0. The average molecular weight is 272 g/mol. The molecule has 2 saturated heterocycles. The van der Waals surface area contributed by atoms with Gasteiger partial charge in [-0.2, -0.15) is 0 Å². The van der Waals surface area contributed by atoms with E-state index in [2.05, 4.69) is 5.32 Å². The molecule has 0 aromatic rings. The first-order chi connectivity index (χ1) is 9.19. The molecule has 2 rings (SSSR count). The first-order valence-electron chi connectivity index (χ1n) is 7.04. The number of rotatable bonds is 6. The first-order valence-corrected chi connectivity index (χ1v) is 7.04. The quantitative estimate of drug-likeness (QED) is 0.700. The molecular weight excluding hydrogens is 248 g/mol. The van der Waals surface area contributed by atoms with Crippen LogP contribution in [0.1, 0.15) is 26.2 Å². The van der Waals surface area contributed by atoms with Crippen LogP contribution in [0.15, 0.2) is 0 Å². The Hall–Kier alpha value is -0.690. The van der Waals surface area contributed by atoms with Crippen molar-refractivity contribution in [2.45, 2.75) is 50.5 Å². The van der Waals surface area contributed by atoms with E-state index in [9.17, 15) is 4.79 Å². The second kappa shape index (κ2) is 7.19. The number of nitrogens with one attached hydrogen (secondary N) is 1. The predicted octanol–water partition coefficient (Wildman–Crippen LogP) is -0.197. The number of ether oxygens (including phenoxy) is 3. The second-order valence-electron chi connectivity index (χ2n) is 5.29. The van der Waals surface area contributed by atoms with E-state index in [-0.39, 0.29) is 30.3 Å². The number of hydrogen-bond donors (Lipinski definition) is 2. The van der Waals surface area contributed by atoms with E-state index < -0.39 is 0 Å². The van der Waals surface area contributed by atoms with Gasteiger partial charge in [-0.05, 0) is 26.2 Å². The summed E-state index contributed by atoms with van der Waals surface area (Å²) in [4.78, 5) is 12.0. The summed E-state index contributed by atoms with van der Waals surface area (Å²) in [6.07, 6.45) is 2.38. The van der Waals surface area contributed by atoms with Crippen molar-refractivity contribution in [2.24, 2.45) is 5.73 Å². The van der Waals surface area contributed by atoms with Crippen molar-refractivity contribution < 1.29 is 19.0 Å². The Morgan fingerprint density at radius 3 is 2.95 bits per heavy atom. The Labute approximate surface area is 113 Å². The number of amides is 1. The lowest BCUT2D eigenvalue weighted by molar-refractivity contribution is -0.133. The highest BCUT2D eigenvalue weighted by Gasteiger charge is 2.30. The summed E-state index contributed by atoms with van der Waals surface area (Å²) in [5.74, 6) is -0.0604. The van der Waals surface area contributed by atoms with Crippen LogP contribution < -0.4 is 11.1 Å². The molecule has 6 nitrogen and oxygen atoms in total. The van der Waals surface area contributed by atoms with Crippen molar-refractivity contribution in [1.82, 2.24) is 5.32 Å². The molecule has 2 fully saturated rings. The maximum absolute atomic E-state index is 12.0. The van der Waals surface area contributed by atoms with E-state index in [1.165, 1.54) is 0 Å². The van der Waals surface area contributed by atoms with Gasteiger partial charge in [0, 0.05) is 19.2 Å². The van der Waals surface area contributed by atoms with Crippen LogP contribution in [-0.2, 0) is 19.0 Å². The Balaban J connectivity index is 1.64. The second-order valence-corrected chi connectivity index (χ2v) is 5.29. The summed E-state index contributed by atoms with van der Waals surface area (Å²) in [5.41, 5.74) is 5.53. The largest absolute Gasteiger partial charge is 0.379 e. The number of carbonyl (C=O) groups is 1. The molecule has 6 heteroatoms. The minimum absolute atomic E-state index is 0.0198. The van der Waals surface area contributed by atoms with E-state index in [4.69, 9.17) is 19.9 Å². The minimum atomic E-state index is -0.356. The lowest BCUT2D eigenvalue weighted by Gasteiger charge is -2.19. The molecule has 0 aromatic carbocycles. The zero-order valence-corrected chi connectivity index (χ0v) is 11.5. The lowest BCUT2D eigenvalue weighted by Crippen LogP contribution is -2.43. The molecule has 0 radical (unpaired) electrons. The molecule has 19 heavy (non-hydrogen) atoms. The van der Waals surface area contributed by atoms with Gasteiger partial charge in [-0.3, -0.25) is 4.79 Å². The molecule has 0 aromatic heterocycles. The monoisotopic (exact) mass is 272 g/mol. The highest BCUT2D eigenvalue weighted by molar-refractivity contribution is 5.81. The highest BCUT2D eigenvalue weighted by atomic mass is 16.5. The fraction of sp³-hybridized carbons (Fsp3) is 0.923. The summed E-state index contributed by atoms with van der Waals surface area (Å²) in [6.45, 7) is 4.34. The van der Waals surface area contributed by atoms with E-state index in [1.54, 1.807) is 0 Å². The van der Waals surface area contributed by atoms with Crippen molar-refractivity contribution in [3.8, 4) is 0 Å². The van der Waals surface area contributed by atoms with E-state index in [0.717, 1.165) is 25.9 Å². The topological polar surface area (TPSA) is 82.8 Å². The molecule has 0 spiro atoms. The molecule has 0 bridgehead atoms. The van der Waals surface area contributed by atoms with Crippen molar-refractivity contribution in [3.05, 3.63) is 0 Å². The Bertz CT molecular complexity index is 294. The molecule has 0 saturated carbocycles. The van der Waals surface area contributed by atoms with Crippen LogP contribution in [-0.4, -0.2) is 56.6 Å². The number of nitrogens with two attached hydrogens (primary N) is 1. The van der Waals surface area contributed by atoms with Gasteiger partial charge in [-0.15, -0.1) is 0 Å². The van der Waals surface area contributed by atoms with Gasteiger partial charge in [-0.1, -0.05) is 0 Å². The minimum Gasteiger partial charge on any atom is -0.379 e. The molecule has 2 heterocycles. The van der Waals surface area contributed by atoms with Gasteiger partial charge in [0.15, 0.2) is 0 Å².